The van der Waals surface area contributed by atoms with Gasteiger partial charge in [0.05, 0.1) is 12.5 Å². The maximum absolute atomic E-state index is 12.4. The van der Waals surface area contributed by atoms with Gasteiger partial charge in [-0.05, 0) is 33.6 Å². The number of likely N-dealkylation sites (tertiary alicyclic amines) is 1. The summed E-state index contributed by atoms with van der Waals surface area (Å²) in [6, 6.07) is -0.176. The maximum Gasteiger partial charge on any atom is 0.247 e. The number of carbonyl (C=O) groups is 2. The number of hydrogen-bond donors (Lipinski definition) is 1. The molecule has 2 amide bonds. The summed E-state index contributed by atoms with van der Waals surface area (Å²) >= 11 is 0. The Morgan fingerprint density at radius 3 is 2.16 bits per heavy atom. The lowest BCUT2D eigenvalue weighted by Crippen LogP contribution is -2.49. The summed E-state index contributed by atoms with van der Waals surface area (Å²) in [5.41, 5.74) is -0.139. The van der Waals surface area contributed by atoms with E-state index in [1.807, 2.05) is 20.8 Å². The van der Waals surface area contributed by atoms with Crippen molar-refractivity contribution in [3.8, 4) is 0 Å². The SMILES string of the molecule is CC(C)(C)NC1CC(=O)N(C2CCCCCC2)C1=O. The molecule has 0 bridgehead atoms. The van der Waals surface area contributed by atoms with Crippen LogP contribution in [0.1, 0.15) is 65.7 Å². The largest absolute Gasteiger partial charge is 0.301 e. The first-order chi connectivity index (χ1) is 8.88. The third kappa shape index (κ3) is 3.56. The third-order valence-electron chi connectivity index (χ3n) is 3.98. The molecule has 0 aromatic carbocycles. The quantitative estimate of drug-likeness (QED) is 0.616. The normalized spacial score (nSPS) is 26.9. The first kappa shape index (κ1) is 14.5. The summed E-state index contributed by atoms with van der Waals surface area (Å²) < 4.78 is 0. The van der Waals surface area contributed by atoms with Gasteiger partial charge in [-0.2, -0.15) is 0 Å². The fraction of sp³-hybridized carbons (Fsp3) is 0.867. The molecular weight excluding hydrogens is 240 g/mol. The summed E-state index contributed by atoms with van der Waals surface area (Å²) in [7, 11) is 0. The Balaban J connectivity index is 2.05. The van der Waals surface area contributed by atoms with Crippen molar-refractivity contribution in [2.75, 3.05) is 0 Å². The maximum atomic E-state index is 12.4. The van der Waals surface area contributed by atoms with E-state index >= 15 is 0 Å². The Bertz CT molecular complexity index is 352. The highest BCUT2D eigenvalue weighted by molar-refractivity contribution is 6.05. The molecule has 1 heterocycles. The van der Waals surface area contributed by atoms with E-state index < -0.39 is 0 Å². The Labute approximate surface area is 115 Å². The zero-order chi connectivity index (χ0) is 14.0. The Morgan fingerprint density at radius 1 is 1.05 bits per heavy atom. The van der Waals surface area contributed by atoms with Gasteiger partial charge in [0, 0.05) is 11.6 Å². The van der Waals surface area contributed by atoms with Crippen LogP contribution in [0, 0.1) is 0 Å². The van der Waals surface area contributed by atoms with E-state index in [4.69, 9.17) is 0 Å². The van der Waals surface area contributed by atoms with Crippen molar-refractivity contribution in [3.63, 3.8) is 0 Å². The first-order valence-electron chi connectivity index (χ1n) is 7.52. The molecule has 1 aliphatic carbocycles. The molecule has 1 saturated carbocycles. The van der Waals surface area contributed by atoms with Gasteiger partial charge >= 0.3 is 0 Å². The van der Waals surface area contributed by atoms with E-state index in [-0.39, 0.29) is 29.4 Å². The van der Waals surface area contributed by atoms with Crippen LogP contribution in [0.5, 0.6) is 0 Å². The number of imide groups is 1. The van der Waals surface area contributed by atoms with Crippen molar-refractivity contribution in [1.29, 1.82) is 0 Å². The Morgan fingerprint density at radius 2 is 1.63 bits per heavy atom. The monoisotopic (exact) mass is 266 g/mol. The minimum absolute atomic E-state index is 0.00757. The number of nitrogens with one attached hydrogen (secondary N) is 1. The number of nitrogens with zero attached hydrogens (tertiary/aromatic N) is 1. The highest BCUT2D eigenvalue weighted by Gasteiger charge is 2.43. The first-order valence-corrected chi connectivity index (χ1v) is 7.52. The van der Waals surface area contributed by atoms with Crippen LogP contribution in [0.2, 0.25) is 0 Å². The molecule has 0 radical (unpaired) electrons. The highest BCUT2D eigenvalue weighted by Crippen LogP contribution is 2.27. The molecule has 4 nitrogen and oxygen atoms in total. The Hall–Kier alpha value is -0.900. The van der Waals surface area contributed by atoms with Gasteiger partial charge in [0.15, 0.2) is 0 Å². The van der Waals surface area contributed by atoms with Crippen LogP contribution in [0.15, 0.2) is 0 Å². The van der Waals surface area contributed by atoms with Gasteiger partial charge in [0.2, 0.25) is 11.8 Å². The summed E-state index contributed by atoms with van der Waals surface area (Å²) in [4.78, 5) is 26.2. The molecule has 1 N–H and O–H groups in total. The van der Waals surface area contributed by atoms with Gasteiger partial charge in [-0.25, -0.2) is 0 Å². The predicted molar refractivity (Wildman–Crippen MR) is 74.6 cm³/mol. The van der Waals surface area contributed by atoms with Crippen molar-refractivity contribution in [3.05, 3.63) is 0 Å². The van der Waals surface area contributed by atoms with E-state index in [1.54, 1.807) is 4.90 Å². The average molecular weight is 266 g/mol. The minimum Gasteiger partial charge on any atom is -0.301 e. The molecule has 2 fully saturated rings. The standard InChI is InChI=1S/C15H26N2O2/c1-15(2,3)16-12-10-13(18)17(14(12)19)11-8-6-4-5-7-9-11/h11-12,16H,4-10H2,1-3H3. The van der Waals surface area contributed by atoms with Crippen LogP contribution < -0.4 is 5.32 Å². The van der Waals surface area contributed by atoms with Gasteiger partial charge in [-0.3, -0.25) is 14.5 Å². The fourth-order valence-corrected chi connectivity index (χ4v) is 3.19. The van der Waals surface area contributed by atoms with Gasteiger partial charge < -0.3 is 5.32 Å². The number of carbonyl (C=O) groups excluding carboxylic acids is 2. The zero-order valence-electron chi connectivity index (χ0n) is 12.4. The van der Waals surface area contributed by atoms with Crippen molar-refractivity contribution in [2.24, 2.45) is 0 Å². The summed E-state index contributed by atoms with van der Waals surface area (Å²) in [6.45, 7) is 6.08. The number of hydrogen-bond acceptors (Lipinski definition) is 3. The molecule has 1 saturated heterocycles. The van der Waals surface area contributed by atoms with Gasteiger partial charge in [0.25, 0.3) is 0 Å². The molecule has 2 aliphatic rings. The smallest absolute Gasteiger partial charge is 0.247 e. The van der Waals surface area contributed by atoms with E-state index in [9.17, 15) is 9.59 Å². The van der Waals surface area contributed by atoms with Crippen LogP contribution in [0.3, 0.4) is 0 Å². The van der Waals surface area contributed by atoms with Crippen LogP contribution in [0.4, 0.5) is 0 Å². The molecule has 1 unspecified atom stereocenters. The molecule has 0 aromatic rings. The molecule has 1 atom stereocenters. The summed E-state index contributed by atoms with van der Waals surface area (Å²) in [5.74, 6) is 0.00507. The molecule has 2 rings (SSSR count). The van der Waals surface area contributed by atoms with Crippen LogP contribution >= 0.6 is 0 Å². The van der Waals surface area contributed by atoms with E-state index in [0.717, 1.165) is 25.7 Å². The second kappa shape index (κ2) is 5.61. The van der Waals surface area contributed by atoms with Gasteiger partial charge in [-0.1, -0.05) is 25.7 Å². The number of rotatable bonds is 2. The van der Waals surface area contributed by atoms with Gasteiger partial charge in [-0.15, -0.1) is 0 Å². The zero-order valence-corrected chi connectivity index (χ0v) is 12.4. The fourth-order valence-electron chi connectivity index (χ4n) is 3.19. The number of amides is 2. The van der Waals surface area contributed by atoms with Crippen LogP contribution in [-0.4, -0.2) is 34.3 Å². The molecule has 108 valence electrons. The summed E-state index contributed by atoms with van der Waals surface area (Å²) in [5, 5.41) is 3.27. The Kier molecular flexibility index (Phi) is 4.29. The van der Waals surface area contributed by atoms with Crippen molar-refractivity contribution in [2.45, 2.75) is 83.3 Å². The van der Waals surface area contributed by atoms with Crippen molar-refractivity contribution in [1.82, 2.24) is 10.2 Å². The van der Waals surface area contributed by atoms with Gasteiger partial charge in [0.1, 0.15) is 0 Å². The predicted octanol–water partition coefficient (Wildman–Crippen LogP) is 2.22. The van der Waals surface area contributed by atoms with E-state index in [1.165, 1.54) is 12.8 Å². The molecular formula is C15H26N2O2. The lowest BCUT2D eigenvalue weighted by molar-refractivity contribution is -0.142. The van der Waals surface area contributed by atoms with Crippen LogP contribution in [-0.2, 0) is 9.59 Å². The lowest BCUT2D eigenvalue weighted by atomic mass is 10.1. The average Bonchev–Trinajstić information content (AvgIpc) is 2.52. The van der Waals surface area contributed by atoms with Crippen molar-refractivity contribution >= 4 is 11.8 Å². The second-order valence-corrected chi connectivity index (χ2v) is 6.90. The minimum atomic E-state index is -0.323. The van der Waals surface area contributed by atoms with Crippen LogP contribution in [0.25, 0.3) is 0 Å². The van der Waals surface area contributed by atoms with E-state index in [0.29, 0.717) is 6.42 Å². The highest BCUT2D eigenvalue weighted by atomic mass is 16.2. The molecule has 1 aliphatic heterocycles. The topological polar surface area (TPSA) is 49.4 Å². The third-order valence-corrected chi connectivity index (χ3v) is 3.98. The second-order valence-electron chi connectivity index (χ2n) is 6.90. The molecule has 4 heteroatoms. The lowest BCUT2D eigenvalue weighted by Gasteiger charge is -2.27. The van der Waals surface area contributed by atoms with Crippen molar-refractivity contribution < 1.29 is 9.59 Å². The molecule has 0 spiro atoms. The molecule has 0 aromatic heterocycles. The summed E-state index contributed by atoms with van der Waals surface area (Å²) in [6.07, 6.45) is 7.04. The molecule has 19 heavy (non-hydrogen) atoms. The van der Waals surface area contributed by atoms with E-state index in [2.05, 4.69) is 5.32 Å².